The lowest BCUT2D eigenvalue weighted by Crippen LogP contribution is -2.26. The van der Waals surface area contributed by atoms with E-state index in [0.717, 1.165) is 11.1 Å². The maximum Gasteiger partial charge on any atom is 0.223 e. The van der Waals surface area contributed by atoms with Gasteiger partial charge in [0.05, 0.1) is 6.20 Å². The van der Waals surface area contributed by atoms with Crippen LogP contribution in [0.1, 0.15) is 17.9 Å². The predicted molar refractivity (Wildman–Crippen MR) is 90.9 cm³/mol. The van der Waals surface area contributed by atoms with Crippen molar-refractivity contribution in [3.8, 4) is 11.3 Å². The van der Waals surface area contributed by atoms with Crippen LogP contribution < -0.4 is 0 Å². The third-order valence-corrected chi connectivity index (χ3v) is 3.80. The highest BCUT2D eigenvalue weighted by molar-refractivity contribution is 5.76. The van der Waals surface area contributed by atoms with E-state index in [0.29, 0.717) is 31.0 Å². The van der Waals surface area contributed by atoms with Gasteiger partial charge in [-0.2, -0.15) is 0 Å². The molecule has 0 atom stereocenters. The van der Waals surface area contributed by atoms with Gasteiger partial charge in [-0.15, -0.1) is 0 Å². The SMILES string of the molecule is CN(Cc1cccnc1)C(=O)CCc1ncc(-c2ccc(F)cc2)o1. The zero-order valence-electron chi connectivity index (χ0n) is 13.9. The number of amides is 1. The fourth-order valence-corrected chi connectivity index (χ4v) is 2.43. The normalized spacial score (nSPS) is 10.6. The lowest BCUT2D eigenvalue weighted by atomic mass is 10.2. The molecule has 3 aromatic rings. The number of pyridine rings is 1. The number of oxazole rings is 1. The van der Waals surface area contributed by atoms with Crippen molar-refractivity contribution in [1.29, 1.82) is 0 Å². The molecule has 6 heteroatoms. The minimum absolute atomic E-state index is 0.00499. The highest BCUT2D eigenvalue weighted by Crippen LogP contribution is 2.21. The summed E-state index contributed by atoms with van der Waals surface area (Å²) in [5.41, 5.74) is 1.73. The van der Waals surface area contributed by atoms with Gasteiger partial charge in [0.2, 0.25) is 5.91 Å². The van der Waals surface area contributed by atoms with E-state index < -0.39 is 0 Å². The molecular formula is C19H18FN3O2. The lowest BCUT2D eigenvalue weighted by Gasteiger charge is -2.16. The molecule has 0 saturated heterocycles. The topological polar surface area (TPSA) is 59.2 Å². The number of halogens is 1. The number of benzene rings is 1. The smallest absolute Gasteiger partial charge is 0.223 e. The Hall–Kier alpha value is -3.02. The van der Waals surface area contributed by atoms with Crippen molar-refractivity contribution < 1.29 is 13.6 Å². The molecule has 0 N–H and O–H groups in total. The van der Waals surface area contributed by atoms with Crippen LogP contribution in [0, 0.1) is 5.82 Å². The van der Waals surface area contributed by atoms with Gasteiger partial charge in [0.25, 0.3) is 0 Å². The Morgan fingerprint density at radius 2 is 2.00 bits per heavy atom. The molecule has 3 rings (SSSR count). The molecule has 2 heterocycles. The molecule has 128 valence electrons. The molecule has 0 aliphatic heterocycles. The van der Waals surface area contributed by atoms with E-state index in [2.05, 4.69) is 9.97 Å². The summed E-state index contributed by atoms with van der Waals surface area (Å²) in [5, 5.41) is 0. The number of carbonyl (C=O) groups is 1. The Kier molecular flexibility index (Phi) is 5.18. The first-order valence-corrected chi connectivity index (χ1v) is 7.95. The largest absolute Gasteiger partial charge is 0.441 e. The highest BCUT2D eigenvalue weighted by Gasteiger charge is 2.12. The van der Waals surface area contributed by atoms with Crippen molar-refractivity contribution in [3.63, 3.8) is 0 Å². The average molecular weight is 339 g/mol. The Morgan fingerprint density at radius 1 is 1.20 bits per heavy atom. The van der Waals surface area contributed by atoms with Crippen molar-refractivity contribution >= 4 is 5.91 Å². The summed E-state index contributed by atoms with van der Waals surface area (Å²) in [7, 11) is 1.76. The van der Waals surface area contributed by atoms with Crippen molar-refractivity contribution in [3.05, 3.63) is 72.3 Å². The number of aryl methyl sites for hydroxylation is 1. The standard InChI is InChI=1S/C19H18FN3O2/c1-23(13-14-3-2-10-21-11-14)19(24)9-8-18-22-12-17(25-18)15-4-6-16(20)7-5-15/h2-7,10-12H,8-9,13H2,1H3. The van der Waals surface area contributed by atoms with E-state index in [1.54, 1.807) is 42.7 Å². The first-order chi connectivity index (χ1) is 12.1. The van der Waals surface area contributed by atoms with Crippen molar-refractivity contribution in [1.82, 2.24) is 14.9 Å². The third-order valence-electron chi connectivity index (χ3n) is 3.80. The number of carbonyl (C=O) groups excluding carboxylic acids is 1. The first-order valence-electron chi connectivity index (χ1n) is 7.95. The first kappa shape index (κ1) is 16.8. The van der Waals surface area contributed by atoms with E-state index in [-0.39, 0.29) is 11.7 Å². The van der Waals surface area contributed by atoms with Crippen LogP contribution >= 0.6 is 0 Å². The van der Waals surface area contributed by atoms with Gasteiger partial charge in [0, 0.05) is 44.4 Å². The minimum atomic E-state index is -0.300. The molecule has 2 aromatic heterocycles. The molecule has 0 spiro atoms. The van der Waals surface area contributed by atoms with Crippen molar-refractivity contribution in [2.45, 2.75) is 19.4 Å². The van der Waals surface area contributed by atoms with Crippen molar-refractivity contribution in [2.75, 3.05) is 7.05 Å². The molecule has 25 heavy (non-hydrogen) atoms. The summed E-state index contributed by atoms with van der Waals surface area (Å²) >= 11 is 0. The van der Waals surface area contributed by atoms with E-state index >= 15 is 0 Å². The number of hydrogen-bond acceptors (Lipinski definition) is 4. The summed E-state index contributed by atoms with van der Waals surface area (Å²) < 4.78 is 18.6. The zero-order chi connectivity index (χ0) is 17.6. The molecule has 0 aliphatic carbocycles. The quantitative estimate of drug-likeness (QED) is 0.690. The third kappa shape index (κ3) is 4.50. The van der Waals surface area contributed by atoms with Crippen LogP contribution in [0.15, 0.2) is 59.4 Å². The van der Waals surface area contributed by atoms with E-state index in [1.165, 1.54) is 12.1 Å². The molecule has 0 unspecified atom stereocenters. The Balaban J connectivity index is 1.54. The Labute approximate surface area is 145 Å². The molecule has 0 bridgehead atoms. The molecule has 5 nitrogen and oxygen atoms in total. The minimum Gasteiger partial charge on any atom is -0.441 e. The van der Waals surface area contributed by atoms with Crippen LogP contribution in [0.3, 0.4) is 0 Å². The van der Waals surface area contributed by atoms with Gasteiger partial charge in [-0.05, 0) is 35.9 Å². The molecule has 1 amide bonds. The summed E-state index contributed by atoms with van der Waals surface area (Å²) in [4.78, 5) is 22.1. The van der Waals surface area contributed by atoms with Gasteiger partial charge in [0.1, 0.15) is 5.82 Å². The summed E-state index contributed by atoms with van der Waals surface area (Å²) in [6.45, 7) is 0.513. The lowest BCUT2D eigenvalue weighted by molar-refractivity contribution is -0.130. The van der Waals surface area contributed by atoms with Gasteiger partial charge in [-0.25, -0.2) is 9.37 Å². The van der Waals surface area contributed by atoms with Crippen LogP contribution in [-0.2, 0) is 17.8 Å². The summed E-state index contributed by atoms with van der Waals surface area (Å²) in [6.07, 6.45) is 5.75. The summed E-state index contributed by atoms with van der Waals surface area (Å²) in [5.74, 6) is 0.754. The van der Waals surface area contributed by atoms with E-state index in [1.807, 2.05) is 12.1 Å². The number of aromatic nitrogens is 2. The molecule has 0 radical (unpaired) electrons. The number of nitrogens with zero attached hydrogens (tertiary/aromatic N) is 3. The van der Waals surface area contributed by atoms with Crippen LogP contribution in [-0.4, -0.2) is 27.8 Å². The van der Waals surface area contributed by atoms with Crippen LogP contribution in [0.5, 0.6) is 0 Å². The van der Waals surface area contributed by atoms with Gasteiger partial charge in [-0.3, -0.25) is 9.78 Å². The fourth-order valence-electron chi connectivity index (χ4n) is 2.43. The maximum atomic E-state index is 13.0. The monoisotopic (exact) mass is 339 g/mol. The zero-order valence-corrected chi connectivity index (χ0v) is 13.9. The highest BCUT2D eigenvalue weighted by atomic mass is 19.1. The van der Waals surface area contributed by atoms with E-state index in [9.17, 15) is 9.18 Å². The second kappa shape index (κ2) is 7.70. The predicted octanol–water partition coefficient (Wildman–Crippen LogP) is 3.47. The van der Waals surface area contributed by atoms with Gasteiger partial charge in [0.15, 0.2) is 11.7 Å². The second-order valence-electron chi connectivity index (χ2n) is 5.74. The molecule has 1 aromatic carbocycles. The van der Waals surface area contributed by atoms with Crippen LogP contribution in [0.2, 0.25) is 0 Å². The van der Waals surface area contributed by atoms with Crippen molar-refractivity contribution in [2.24, 2.45) is 0 Å². The fraction of sp³-hybridized carbons (Fsp3) is 0.211. The Bertz CT molecular complexity index is 831. The second-order valence-corrected chi connectivity index (χ2v) is 5.74. The Morgan fingerprint density at radius 3 is 2.72 bits per heavy atom. The number of hydrogen-bond donors (Lipinski definition) is 0. The molecule has 0 saturated carbocycles. The van der Waals surface area contributed by atoms with Gasteiger partial charge in [-0.1, -0.05) is 6.07 Å². The maximum absolute atomic E-state index is 13.0. The summed E-state index contributed by atoms with van der Waals surface area (Å²) in [6, 6.07) is 9.78. The van der Waals surface area contributed by atoms with Gasteiger partial charge < -0.3 is 9.32 Å². The van der Waals surface area contributed by atoms with Crippen LogP contribution in [0.4, 0.5) is 4.39 Å². The molecular weight excluding hydrogens is 321 g/mol. The number of rotatable bonds is 6. The average Bonchev–Trinajstić information content (AvgIpc) is 3.10. The molecule has 0 aliphatic rings. The van der Waals surface area contributed by atoms with Crippen LogP contribution in [0.25, 0.3) is 11.3 Å². The van der Waals surface area contributed by atoms with E-state index in [4.69, 9.17) is 4.42 Å². The van der Waals surface area contributed by atoms with Gasteiger partial charge >= 0.3 is 0 Å². The molecule has 0 fully saturated rings.